The Morgan fingerprint density at radius 2 is 2.07 bits per heavy atom. The molecule has 0 radical (unpaired) electrons. The van der Waals surface area contributed by atoms with E-state index in [1.165, 1.54) is 12.3 Å². The summed E-state index contributed by atoms with van der Waals surface area (Å²) in [6, 6.07) is 3.00. The first-order chi connectivity index (χ1) is 5.61. The van der Waals surface area contributed by atoms with E-state index < -0.39 is 5.97 Å². The van der Waals surface area contributed by atoms with Crippen molar-refractivity contribution in [3.63, 3.8) is 0 Å². The van der Waals surface area contributed by atoms with Crippen molar-refractivity contribution in [1.29, 1.82) is 0 Å². The summed E-state index contributed by atoms with van der Waals surface area (Å²) in [6.45, 7) is 1.82. The van der Waals surface area contributed by atoms with Crippen LogP contribution in [0.3, 0.4) is 0 Å². The minimum absolute atomic E-state index is 0. The number of rotatable bonds is 2. The molecule has 80 valence electrons. The van der Waals surface area contributed by atoms with Gasteiger partial charge in [0.15, 0.2) is 0 Å². The molecule has 1 heterocycles. The molecule has 1 rings (SSSR count). The number of aromatic carboxylic acids is 1. The van der Waals surface area contributed by atoms with Crippen LogP contribution < -0.4 is 5.73 Å². The highest BCUT2D eigenvalue weighted by atomic mass is 35.5. The highest BCUT2D eigenvalue weighted by molar-refractivity contribution is 5.86. The van der Waals surface area contributed by atoms with E-state index in [0.717, 1.165) is 5.56 Å². The number of hydrogen-bond acceptors (Lipinski definition) is 3. The standard InChI is InChI=1S/C8H10N2O2.2ClH/c1-5(9)6-2-3-7(8(11)12)10-4-6;;/h2-5H,9H2,1H3,(H,11,12);2*1H/t5-;;/m0../s1. The maximum atomic E-state index is 10.4. The van der Waals surface area contributed by atoms with Crippen LogP contribution in [0, 0.1) is 0 Å². The van der Waals surface area contributed by atoms with Crippen LogP contribution in [0.2, 0.25) is 0 Å². The van der Waals surface area contributed by atoms with E-state index in [4.69, 9.17) is 10.8 Å². The molecule has 0 aromatic carbocycles. The zero-order chi connectivity index (χ0) is 9.14. The molecule has 6 heteroatoms. The van der Waals surface area contributed by atoms with E-state index in [0.29, 0.717) is 0 Å². The van der Waals surface area contributed by atoms with Crippen molar-refractivity contribution in [3.05, 3.63) is 29.6 Å². The lowest BCUT2D eigenvalue weighted by atomic mass is 10.1. The minimum Gasteiger partial charge on any atom is -0.477 e. The molecule has 0 amide bonds. The van der Waals surface area contributed by atoms with Crippen molar-refractivity contribution in [3.8, 4) is 0 Å². The Bertz CT molecular complexity index is 288. The number of pyridine rings is 1. The number of carbonyl (C=O) groups is 1. The molecule has 0 saturated carbocycles. The molecule has 0 fully saturated rings. The highest BCUT2D eigenvalue weighted by Crippen LogP contribution is 2.07. The molecule has 0 aliphatic rings. The van der Waals surface area contributed by atoms with Crippen molar-refractivity contribution < 1.29 is 9.90 Å². The van der Waals surface area contributed by atoms with Gasteiger partial charge in [-0.1, -0.05) is 6.07 Å². The Kier molecular flexibility index (Phi) is 7.35. The van der Waals surface area contributed by atoms with Gasteiger partial charge in [-0.05, 0) is 18.6 Å². The fraction of sp³-hybridized carbons (Fsp3) is 0.250. The topological polar surface area (TPSA) is 76.2 Å². The molecule has 1 aromatic heterocycles. The van der Waals surface area contributed by atoms with Gasteiger partial charge < -0.3 is 10.8 Å². The van der Waals surface area contributed by atoms with Crippen molar-refractivity contribution in [2.75, 3.05) is 0 Å². The fourth-order valence-corrected chi connectivity index (χ4v) is 0.801. The first-order valence-electron chi connectivity index (χ1n) is 3.56. The lowest BCUT2D eigenvalue weighted by molar-refractivity contribution is 0.0690. The SMILES string of the molecule is C[C@H](N)c1ccc(C(=O)O)nc1.Cl.Cl. The quantitative estimate of drug-likeness (QED) is 0.822. The highest BCUT2D eigenvalue weighted by Gasteiger charge is 2.04. The molecule has 3 N–H and O–H groups in total. The summed E-state index contributed by atoms with van der Waals surface area (Å²) < 4.78 is 0. The summed E-state index contributed by atoms with van der Waals surface area (Å²) in [7, 11) is 0. The van der Waals surface area contributed by atoms with Crippen molar-refractivity contribution in [1.82, 2.24) is 4.98 Å². The van der Waals surface area contributed by atoms with Crippen LogP contribution in [0.4, 0.5) is 0 Å². The number of carboxylic acids is 1. The smallest absolute Gasteiger partial charge is 0.354 e. The van der Waals surface area contributed by atoms with Gasteiger partial charge >= 0.3 is 5.97 Å². The van der Waals surface area contributed by atoms with Gasteiger partial charge in [-0.15, -0.1) is 24.8 Å². The Hall–Kier alpha value is -0.840. The maximum absolute atomic E-state index is 10.4. The first kappa shape index (κ1) is 15.6. The van der Waals surface area contributed by atoms with Crippen LogP contribution in [0.25, 0.3) is 0 Å². The second-order valence-corrected chi connectivity index (χ2v) is 2.57. The number of halogens is 2. The monoisotopic (exact) mass is 238 g/mol. The van der Waals surface area contributed by atoms with E-state index in [9.17, 15) is 4.79 Å². The lowest BCUT2D eigenvalue weighted by Gasteiger charge is -2.03. The van der Waals surface area contributed by atoms with Gasteiger partial charge in [0.1, 0.15) is 5.69 Å². The third-order valence-corrected chi connectivity index (χ3v) is 1.53. The predicted molar refractivity (Wildman–Crippen MR) is 58.3 cm³/mol. The summed E-state index contributed by atoms with van der Waals surface area (Å²) in [5.74, 6) is -1.02. The van der Waals surface area contributed by atoms with Crippen LogP contribution in [0.5, 0.6) is 0 Å². The van der Waals surface area contributed by atoms with Gasteiger partial charge in [-0.2, -0.15) is 0 Å². The summed E-state index contributed by atoms with van der Waals surface area (Å²) in [4.78, 5) is 14.1. The van der Waals surface area contributed by atoms with Crippen molar-refractivity contribution in [2.45, 2.75) is 13.0 Å². The molecule has 1 atom stereocenters. The van der Waals surface area contributed by atoms with Crippen molar-refractivity contribution in [2.24, 2.45) is 5.73 Å². The second-order valence-electron chi connectivity index (χ2n) is 2.57. The van der Waals surface area contributed by atoms with E-state index >= 15 is 0 Å². The third kappa shape index (κ3) is 3.91. The Morgan fingerprint density at radius 1 is 1.50 bits per heavy atom. The molecule has 0 unspecified atom stereocenters. The molecule has 0 spiro atoms. The Labute approximate surface area is 94.3 Å². The number of aromatic nitrogens is 1. The molecule has 0 aliphatic heterocycles. The van der Waals surface area contributed by atoms with Gasteiger partial charge in [0.2, 0.25) is 0 Å². The molecule has 4 nitrogen and oxygen atoms in total. The molecule has 0 aliphatic carbocycles. The van der Waals surface area contributed by atoms with Gasteiger partial charge in [0, 0.05) is 12.2 Å². The first-order valence-corrected chi connectivity index (χ1v) is 3.56. The van der Waals surface area contributed by atoms with Crippen LogP contribution in [0.15, 0.2) is 18.3 Å². The third-order valence-electron chi connectivity index (χ3n) is 1.53. The van der Waals surface area contributed by atoms with E-state index in [1.807, 2.05) is 6.92 Å². The number of nitrogens with two attached hydrogens (primary N) is 1. The summed E-state index contributed by atoms with van der Waals surface area (Å²) in [5.41, 5.74) is 6.43. The number of hydrogen-bond donors (Lipinski definition) is 2. The lowest BCUT2D eigenvalue weighted by Crippen LogP contribution is -2.07. The van der Waals surface area contributed by atoms with Gasteiger partial charge in [-0.25, -0.2) is 9.78 Å². The fourth-order valence-electron chi connectivity index (χ4n) is 0.801. The van der Waals surface area contributed by atoms with Gasteiger partial charge in [-0.3, -0.25) is 0 Å². The average Bonchev–Trinajstić information content (AvgIpc) is 2.04. The molecule has 0 bridgehead atoms. The van der Waals surface area contributed by atoms with E-state index in [-0.39, 0.29) is 36.5 Å². The number of nitrogens with zero attached hydrogens (tertiary/aromatic N) is 1. The molecule has 14 heavy (non-hydrogen) atoms. The van der Waals surface area contributed by atoms with Crippen LogP contribution in [-0.4, -0.2) is 16.1 Å². The summed E-state index contributed by atoms with van der Waals surface area (Å²) in [5, 5.41) is 8.52. The zero-order valence-electron chi connectivity index (χ0n) is 7.51. The minimum atomic E-state index is -1.02. The van der Waals surface area contributed by atoms with Gasteiger partial charge in [0.05, 0.1) is 0 Å². The largest absolute Gasteiger partial charge is 0.477 e. The molecule has 1 aromatic rings. The maximum Gasteiger partial charge on any atom is 0.354 e. The Morgan fingerprint density at radius 3 is 2.36 bits per heavy atom. The summed E-state index contributed by atoms with van der Waals surface area (Å²) in [6.07, 6.45) is 1.48. The zero-order valence-corrected chi connectivity index (χ0v) is 9.14. The van der Waals surface area contributed by atoms with Crippen LogP contribution in [-0.2, 0) is 0 Å². The van der Waals surface area contributed by atoms with Crippen LogP contribution >= 0.6 is 24.8 Å². The summed E-state index contributed by atoms with van der Waals surface area (Å²) >= 11 is 0. The normalized spacial score (nSPS) is 10.7. The number of carboxylic acid groups (broad SMARTS) is 1. The van der Waals surface area contributed by atoms with Crippen LogP contribution in [0.1, 0.15) is 29.0 Å². The van der Waals surface area contributed by atoms with E-state index in [2.05, 4.69) is 4.98 Å². The molecular formula is C8H12Cl2N2O2. The average molecular weight is 239 g/mol. The molecule has 0 saturated heterocycles. The van der Waals surface area contributed by atoms with Crippen molar-refractivity contribution >= 4 is 30.8 Å². The molecular weight excluding hydrogens is 227 g/mol. The second kappa shape index (κ2) is 6.59. The predicted octanol–water partition coefficient (Wildman–Crippen LogP) is 1.64. The Balaban J connectivity index is 0. The van der Waals surface area contributed by atoms with Gasteiger partial charge in [0.25, 0.3) is 0 Å². The van der Waals surface area contributed by atoms with E-state index in [1.54, 1.807) is 6.07 Å².